The van der Waals surface area contributed by atoms with E-state index in [2.05, 4.69) is 10.6 Å². The first-order chi connectivity index (χ1) is 15.6. The number of hydrogen-bond donors (Lipinski definition) is 2. The van der Waals surface area contributed by atoms with Gasteiger partial charge in [0.15, 0.2) is 11.5 Å². The highest BCUT2D eigenvalue weighted by Crippen LogP contribution is 2.38. The predicted molar refractivity (Wildman–Crippen MR) is 123 cm³/mol. The van der Waals surface area contributed by atoms with Gasteiger partial charge in [0, 0.05) is 24.7 Å². The number of fused-ring (bicyclic) bond motifs is 1. The van der Waals surface area contributed by atoms with E-state index in [-0.39, 0.29) is 23.9 Å². The molecule has 0 unspecified atom stereocenters. The minimum atomic E-state index is -0.298. The van der Waals surface area contributed by atoms with Crippen molar-refractivity contribution in [3.05, 3.63) is 53.6 Å². The maximum atomic E-state index is 13.2. The van der Waals surface area contributed by atoms with Gasteiger partial charge in [0.05, 0.1) is 20.3 Å². The predicted octanol–water partition coefficient (Wildman–Crippen LogP) is 4.14. The summed E-state index contributed by atoms with van der Waals surface area (Å²) >= 11 is 0. The molecular formula is C25H31N3O4. The Morgan fingerprint density at radius 2 is 1.72 bits per heavy atom. The lowest BCUT2D eigenvalue weighted by atomic mass is 9.91. The fourth-order valence-electron chi connectivity index (χ4n) is 4.74. The zero-order chi connectivity index (χ0) is 22.5. The first-order valence-corrected chi connectivity index (χ1v) is 11.3. The van der Waals surface area contributed by atoms with Gasteiger partial charge in [-0.05, 0) is 54.7 Å². The third-order valence-electron chi connectivity index (χ3n) is 6.48. The van der Waals surface area contributed by atoms with Gasteiger partial charge in [-0.1, -0.05) is 31.0 Å². The molecule has 1 aliphatic heterocycles. The Bertz CT molecular complexity index is 957. The highest BCUT2D eigenvalue weighted by atomic mass is 16.5. The second-order valence-electron chi connectivity index (χ2n) is 8.39. The van der Waals surface area contributed by atoms with Gasteiger partial charge in [0.25, 0.3) is 0 Å². The largest absolute Gasteiger partial charge is 0.493 e. The molecule has 170 valence electrons. The topological polar surface area (TPSA) is 79.9 Å². The number of nitrogens with one attached hydrogen (secondary N) is 2. The molecule has 2 aliphatic rings. The number of ether oxygens (including phenoxy) is 2. The Morgan fingerprint density at radius 3 is 2.41 bits per heavy atom. The number of rotatable bonds is 6. The minimum Gasteiger partial charge on any atom is -0.493 e. The number of amides is 3. The number of anilines is 1. The number of nitrogens with zero attached hydrogens (tertiary/aromatic N) is 1. The molecule has 0 radical (unpaired) electrons. The standard InChI is InChI=1S/C25H31N3O4/c1-31-22-14-18-12-13-28(25(30)27-19-10-4-3-5-11-19)21(20(18)15-23(22)32-2)16-26-24(29)17-8-6-7-9-17/h3-5,10-11,14-15,17,21H,6-9,12-13,16H2,1-2H3,(H,26,29)(H,27,30)/t21-/m1/s1. The molecule has 1 fully saturated rings. The Hall–Kier alpha value is -3.22. The van der Waals surface area contributed by atoms with E-state index in [1.165, 1.54) is 0 Å². The van der Waals surface area contributed by atoms with Crippen LogP contribution in [0.4, 0.5) is 10.5 Å². The van der Waals surface area contributed by atoms with Crippen LogP contribution in [-0.4, -0.2) is 44.1 Å². The summed E-state index contributed by atoms with van der Waals surface area (Å²) in [6, 6.07) is 12.8. The summed E-state index contributed by atoms with van der Waals surface area (Å²) in [5.74, 6) is 1.44. The zero-order valence-corrected chi connectivity index (χ0v) is 18.7. The lowest BCUT2D eigenvalue weighted by Crippen LogP contribution is -2.47. The quantitative estimate of drug-likeness (QED) is 0.712. The molecule has 2 N–H and O–H groups in total. The number of benzene rings is 2. The molecule has 1 atom stereocenters. The molecular weight excluding hydrogens is 406 g/mol. The Kier molecular flexibility index (Phi) is 6.83. The highest BCUT2D eigenvalue weighted by Gasteiger charge is 2.33. The molecule has 7 nitrogen and oxygen atoms in total. The zero-order valence-electron chi connectivity index (χ0n) is 18.7. The van der Waals surface area contributed by atoms with Gasteiger partial charge < -0.3 is 25.0 Å². The molecule has 4 rings (SSSR count). The van der Waals surface area contributed by atoms with Gasteiger partial charge in [-0.2, -0.15) is 0 Å². The summed E-state index contributed by atoms with van der Waals surface area (Å²) < 4.78 is 11.0. The van der Waals surface area contributed by atoms with Crippen LogP contribution in [0.3, 0.4) is 0 Å². The van der Waals surface area contributed by atoms with E-state index in [0.29, 0.717) is 31.0 Å². The fraction of sp³-hybridized carbons (Fsp3) is 0.440. The van der Waals surface area contributed by atoms with Crippen LogP contribution in [-0.2, 0) is 11.2 Å². The van der Waals surface area contributed by atoms with E-state index in [0.717, 1.165) is 42.5 Å². The summed E-state index contributed by atoms with van der Waals surface area (Å²) in [6.45, 7) is 0.908. The number of urea groups is 1. The van der Waals surface area contributed by atoms with Gasteiger partial charge in [-0.15, -0.1) is 0 Å². The van der Waals surface area contributed by atoms with Crippen LogP contribution in [0.15, 0.2) is 42.5 Å². The van der Waals surface area contributed by atoms with Crippen LogP contribution in [0, 0.1) is 5.92 Å². The lowest BCUT2D eigenvalue weighted by Gasteiger charge is -2.38. The van der Waals surface area contributed by atoms with Crippen molar-refractivity contribution in [2.45, 2.75) is 38.1 Å². The second-order valence-corrected chi connectivity index (χ2v) is 8.39. The summed E-state index contributed by atoms with van der Waals surface area (Å²) in [7, 11) is 3.22. The van der Waals surface area contributed by atoms with Crippen LogP contribution >= 0.6 is 0 Å². The van der Waals surface area contributed by atoms with Gasteiger partial charge in [-0.25, -0.2) is 4.79 Å². The summed E-state index contributed by atoms with van der Waals surface area (Å²) in [5.41, 5.74) is 2.82. The molecule has 1 aliphatic carbocycles. The summed E-state index contributed by atoms with van der Waals surface area (Å²) in [6.07, 6.45) is 4.79. The van der Waals surface area contributed by atoms with E-state index < -0.39 is 0 Å². The minimum absolute atomic E-state index is 0.0788. The van der Waals surface area contributed by atoms with Crippen molar-refractivity contribution in [1.82, 2.24) is 10.2 Å². The maximum Gasteiger partial charge on any atom is 0.322 e. The molecule has 0 saturated heterocycles. The van der Waals surface area contributed by atoms with Crippen LogP contribution in [0.5, 0.6) is 11.5 Å². The molecule has 0 aromatic heterocycles. The Morgan fingerprint density at radius 1 is 1.03 bits per heavy atom. The van der Waals surface area contributed by atoms with Crippen LogP contribution in [0.25, 0.3) is 0 Å². The third kappa shape index (κ3) is 4.66. The van der Waals surface area contributed by atoms with Crippen LogP contribution < -0.4 is 20.1 Å². The lowest BCUT2D eigenvalue weighted by molar-refractivity contribution is -0.125. The number of carbonyl (C=O) groups excluding carboxylic acids is 2. The fourth-order valence-corrected chi connectivity index (χ4v) is 4.74. The average molecular weight is 438 g/mol. The van der Waals surface area contributed by atoms with Crippen molar-refractivity contribution in [3.8, 4) is 11.5 Å². The molecule has 7 heteroatoms. The van der Waals surface area contributed by atoms with Crippen LogP contribution in [0.2, 0.25) is 0 Å². The van der Waals surface area contributed by atoms with Crippen molar-refractivity contribution in [3.63, 3.8) is 0 Å². The van der Waals surface area contributed by atoms with E-state index in [4.69, 9.17) is 9.47 Å². The number of para-hydroxylation sites is 1. The normalized spacial score (nSPS) is 18.1. The highest BCUT2D eigenvalue weighted by molar-refractivity contribution is 5.90. The molecule has 2 aromatic rings. The first-order valence-electron chi connectivity index (χ1n) is 11.3. The SMILES string of the molecule is COc1cc2c(cc1OC)[C@@H](CNC(=O)C1CCCC1)N(C(=O)Nc1ccccc1)CC2. The second kappa shape index (κ2) is 9.94. The number of hydrogen-bond acceptors (Lipinski definition) is 4. The van der Waals surface area contributed by atoms with Crippen molar-refractivity contribution in [2.75, 3.05) is 32.6 Å². The Labute approximate surface area is 189 Å². The number of carbonyl (C=O) groups is 2. The van der Waals surface area contributed by atoms with Crippen molar-refractivity contribution < 1.29 is 19.1 Å². The molecule has 32 heavy (non-hydrogen) atoms. The first kappa shape index (κ1) is 22.0. The summed E-state index contributed by atoms with van der Waals surface area (Å²) in [4.78, 5) is 27.7. The smallest absolute Gasteiger partial charge is 0.322 e. The monoisotopic (exact) mass is 437 g/mol. The van der Waals surface area contributed by atoms with Gasteiger partial charge in [0.1, 0.15) is 0 Å². The van der Waals surface area contributed by atoms with E-state index >= 15 is 0 Å². The molecule has 3 amide bonds. The van der Waals surface area contributed by atoms with Crippen molar-refractivity contribution in [2.24, 2.45) is 5.92 Å². The maximum absolute atomic E-state index is 13.2. The van der Waals surface area contributed by atoms with Crippen molar-refractivity contribution >= 4 is 17.6 Å². The molecule has 0 spiro atoms. The van der Waals surface area contributed by atoms with Gasteiger partial charge in [-0.3, -0.25) is 4.79 Å². The molecule has 2 aromatic carbocycles. The third-order valence-corrected chi connectivity index (χ3v) is 6.48. The average Bonchev–Trinajstić information content (AvgIpc) is 3.37. The molecule has 0 bridgehead atoms. The summed E-state index contributed by atoms with van der Waals surface area (Å²) in [5, 5.41) is 6.10. The van der Waals surface area contributed by atoms with Gasteiger partial charge in [0.2, 0.25) is 5.91 Å². The van der Waals surface area contributed by atoms with Crippen LogP contribution in [0.1, 0.15) is 42.9 Å². The number of methoxy groups -OCH3 is 2. The van der Waals surface area contributed by atoms with E-state index in [1.807, 2.05) is 42.5 Å². The van der Waals surface area contributed by atoms with Crippen molar-refractivity contribution in [1.29, 1.82) is 0 Å². The molecule has 1 heterocycles. The Balaban J connectivity index is 1.60. The molecule has 1 saturated carbocycles. The van der Waals surface area contributed by atoms with E-state index in [1.54, 1.807) is 19.1 Å². The van der Waals surface area contributed by atoms with E-state index in [9.17, 15) is 9.59 Å². The van der Waals surface area contributed by atoms with Gasteiger partial charge >= 0.3 is 6.03 Å².